The highest BCUT2D eigenvalue weighted by Gasteiger charge is 2.24. The van der Waals surface area contributed by atoms with E-state index in [0.717, 1.165) is 25.0 Å². The average Bonchev–Trinajstić information content (AvgIpc) is 2.99. The molecule has 0 aliphatic heterocycles. The Labute approximate surface area is 153 Å². The van der Waals surface area contributed by atoms with Crippen LogP contribution in [0.2, 0.25) is 0 Å². The molecule has 1 heterocycles. The monoisotopic (exact) mass is 348 g/mol. The summed E-state index contributed by atoms with van der Waals surface area (Å²) >= 11 is 0. The van der Waals surface area contributed by atoms with E-state index in [1.54, 1.807) is 0 Å². The Hall–Kier alpha value is -2.75. The normalized spacial score (nSPS) is 16.3. The zero-order valence-corrected chi connectivity index (χ0v) is 15.3. The standard InChI is InChI=1S/C22H24N2O2/c1-3-26-17-8-5-15(6-9-17)22(25)23-16-7-10-18-19-12-14(2)4-11-20(19)24-21(18)13-16/h4-6,8-9,11-12,16,24H,3,7,10,13H2,1-2H3,(H,23,25). The number of H-pyrrole nitrogens is 1. The third-order valence-corrected chi connectivity index (χ3v) is 5.11. The van der Waals surface area contributed by atoms with Crippen molar-refractivity contribution in [3.05, 3.63) is 64.8 Å². The van der Waals surface area contributed by atoms with Gasteiger partial charge in [-0.3, -0.25) is 4.79 Å². The zero-order valence-electron chi connectivity index (χ0n) is 15.3. The van der Waals surface area contributed by atoms with Crippen molar-refractivity contribution < 1.29 is 9.53 Å². The molecule has 0 saturated carbocycles. The summed E-state index contributed by atoms with van der Waals surface area (Å²) in [5.41, 5.74) is 5.82. The first-order valence-electron chi connectivity index (χ1n) is 9.28. The number of ether oxygens (including phenoxy) is 1. The third-order valence-electron chi connectivity index (χ3n) is 5.11. The van der Waals surface area contributed by atoms with Crippen LogP contribution < -0.4 is 10.1 Å². The number of aromatic nitrogens is 1. The van der Waals surface area contributed by atoms with Crippen molar-refractivity contribution in [1.29, 1.82) is 0 Å². The minimum absolute atomic E-state index is 0.0199. The van der Waals surface area contributed by atoms with E-state index in [4.69, 9.17) is 4.74 Å². The summed E-state index contributed by atoms with van der Waals surface area (Å²) in [4.78, 5) is 16.1. The Morgan fingerprint density at radius 2 is 2.04 bits per heavy atom. The fourth-order valence-electron chi connectivity index (χ4n) is 3.81. The van der Waals surface area contributed by atoms with E-state index in [1.165, 1.54) is 27.7 Å². The molecule has 3 aromatic rings. The molecule has 2 aromatic carbocycles. The molecule has 2 N–H and O–H groups in total. The van der Waals surface area contributed by atoms with E-state index in [-0.39, 0.29) is 11.9 Å². The molecular weight excluding hydrogens is 324 g/mol. The molecule has 0 spiro atoms. The van der Waals surface area contributed by atoms with E-state index in [9.17, 15) is 4.79 Å². The maximum atomic E-state index is 12.5. The number of fused-ring (bicyclic) bond motifs is 3. The molecule has 26 heavy (non-hydrogen) atoms. The van der Waals surface area contributed by atoms with E-state index >= 15 is 0 Å². The Bertz CT molecular complexity index is 941. The highest BCUT2D eigenvalue weighted by atomic mass is 16.5. The first-order chi connectivity index (χ1) is 12.6. The summed E-state index contributed by atoms with van der Waals surface area (Å²) in [5, 5.41) is 4.51. The topological polar surface area (TPSA) is 54.1 Å². The van der Waals surface area contributed by atoms with Crippen LogP contribution in [0.15, 0.2) is 42.5 Å². The minimum Gasteiger partial charge on any atom is -0.494 e. The van der Waals surface area contributed by atoms with Crippen molar-refractivity contribution in [3.63, 3.8) is 0 Å². The molecule has 1 aliphatic rings. The van der Waals surface area contributed by atoms with Crippen LogP contribution in [0, 0.1) is 6.92 Å². The molecule has 1 amide bonds. The second-order valence-corrected chi connectivity index (χ2v) is 7.00. The van der Waals surface area contributed by atoms with Crippen molar-refractivity contribution in [3.8, 4) is 5.75 Å². The van der Waals surface area contributed by atoms with Gasteiger partial charge in [-0.25, -0.2) is 0 Å². The summed E-state index contributed by atoms with van der Waals surface area (Å²) in [5.74, 6) is 0.771. The number of amides is 1. The zero-order chi connectivity index (χ0) is 18.1. The number of benzene rings is 2. The summed E-state index contributed by atoms with van der Waals surface area (Å²) in [6.45, 7) is 4.70. The Kier molecular flexibility index (Phi) is 4.41. The molecule has 1 aromatic heterocycles. The van der Waals surface area contributed by atoms with Gasteiger partial charge >= 0.3 is 0 Å². The van der Waals surface area contributed by atoms with Gasteiger partial charge < -0.3 is 15.0 Å². The first-order valence-corrected chi connectivity index (χ1v) is 9.28. The van der Waals surface area contributed by atoms with Crippen molar-refractivity contribution in [2.45, 2.75) is 39.2 Å². The molecule has 1 unspecified atom stereocenters. The van der Waals surface area contributed by atoms with Gasteiger partial charge in [-0.05, 0) is 68.7 Å². The van der Waals surface area contributed by atoms with Crippen molar-refractivity contribution in [2.24, 2.45) is 0 Å². The molecule has 1 aliphatic carbocycles. The summed E-state index contributed by atoms with van der Waals surface area (Å²) in [7, 11) is 0. The summed E-state index contributed by atoms with van der Waals surface area (Å²) in [6.07, 6.45) is 2.81. The average molecular weight is 348 g/mol. The Balaban J connectivity index is 1.47. The van der Waals surface area contributed by atoms with Gasteiger partial charge in [0.25, 0.3) is 5.91 Å². The molecule has 4 rings (SSSR count). The highest BCUT2D eigenvalue weighted by molar-refractivity contribution is 5.94. The second kappa shape index (κ2) is 6.87. The van der Waals surface area contributed by atoms with E-state index in [2.05, 4.69) is 35.4 Å². The maximum Gasteiger partial charge on any atom is 0.251 e. The minimum atomic E-state index is -0.0199. The van der Waals surface area contributed by atoms with Gasteiger partial charge in [-0.2, -0.15) is 0 Å². The highest BCUT2D eigenvalue weighted by Crippen LogP contribution is 2.30. The van der Waals surface area contributed by atoms with Gasteiger partial charge in [0, 0.05) is 34.6 Å². The first kappa shape index (κ1) is 16.7. The van der Waals surface area contributed by atoms with Crippen LogP contribution in [0.3, 0.4) is 0 Å². The van der Waals surface area contributed by atoms with Gasteiger partial charge in [-0.1, -0.05) is 11.6 Å². The van der Waals surface area contributed by atoms with Crippen LogP contribution >= 0.6 is 0 Å². The largest absolute Gasteiger partial charge is 0.494 e. The smallest absolute Gasteiger partial charge is 0.251 e. The fraction of sp³-hybridized carbons (Fsp3) is 0.318. The van der Waals surface area contributed by atoms with E-state index in [1.807, 2.05) is 31.2 Å². The molecule has 4 nitrogen and oxygen atoms in total. The fourth-order valence-corrected chi connectivity index (χ4v) is 3.81. The number of nitrogens with one attached hydrogen (secondary N) is 2. The SMILES string of the molecule is CCOc1ccc(C(=O)NC2CCc3c([nH]c4ccc(C)cc34)C2)cc1. The lowest BCUT2D eigenvalue weighted by molar-refractivity contribution is 0.0933. The molecule has 4 heteroatoms. The molecule has 0 saturated heterocycles. The molecule has 134 valence electrons. The van der Waals surface area contributed by atoms with Gasteiger partial charge in [0.05, 0.1) is 6.61 Å². The molecule has 0 fully saturated rings. The summed E-state index contributed by atoms with van der Waals surface area (Å²) < 4.78 is 5.43. The molecular formula is C22H24N2O2. The van der Waals surface area contributed by atoms with Crippen LogP contribution in [0.5, 0.6) is 5.75 Å². The third kappa shape index (κ3) is 3.19. The number of hydrogen-bond donors (Lipinski definition) is 2. The number of hydrogen-bond acceptors (Lipinski definition) is 2. The number of aromatic amines is 1. The van der Waals surface area contributed by atoms with Crippen molar-refractivity contribution in [2.75, 3.05) is 6.61 Å². The molecule has 1 atom stereocenters. The number of rotatable bonds is 4. The number of carbonyl (C=O) groups excluding carboxylic acids is 1. The quantitative estimate of drug-likeness (QED) is 0.744. The number of aryl methyl sites for hydroxylation is 2. The Morgan fingerprint density at radius 3 is 2.81 bits per heavy atom. The Morgan fingerprint density at radius 1 is 1.23 bits per heavy atom. The molecule has 0 radical (unpaired) electrons. The van der Waals surface area contributed by atoms with Crippen LogP contribution in [0.4, 0.5) is 0 Å². The van der Waals surface area contributed by atoms with Crippen LogP contribution in [0.25, 0.3) is 10.9 Å². The van der Waals surface area contributed by atoms with E-state index in [0.29, 0.717) is 12.2 Å². The van der Waals surface area contributed by atoms with Gasteiger partial charge in [0.2, 0.25) is 0 Å². The van der Waals surface area contributed by atoms with Gasteiger partial charge in [0.15, 0.2) is 0 Å². The lowest BCUT2D eigenvalue weighted by Crippen LogP contribution is -2.38. The van der Waals surface area contributed by atoms with Crippen molar-refractivity contribution >= 4 is 16.8 Å². The molecule has 0 bridgehead atoms. The van der Waals surface area contributed by atoms with Crippen molar-refractivity contribution in [1.82, 2.24) is 10.3 Å². The van der Waals surface area contributed by atoms with E-state index < -0.39 is 0 Å². The van der Waals surface area contributed by atoms with Gasteiger partial charge in [0.1, 0.15) is 5.75 Å². The maximum absolute atomic E-state index is 12.5. The summed E-state index contributed by atoms with van der Waals surface area (Å²) in [6, 6.07) is 14.0. The van der Waals surface area contributed by atoms with Crippen LogP contribution in [-0.4, -0.2) is 23.5 Å². The van der Waals surface area contributed by atoms with Crippen LogP contribution in [0.1, 0.15) is 40.5 Å². The predicted octanol–water partition coefficient (Wildman–Crippen LogP) is 4.16. The van der Waals surface area contributed by atoms with Crippen LogP contribution in [-0.2, 0) is 12.8 Å². The predicted molar refractivity (Wildman–Crippen MR) is 104 cm³/mol. The lowest BCUT2D eigenvalue weighted by atomic mass is 9.91. The lowest BCUT2D eigenvalue weighted by Gasteiger charge is -2.23. The van der Waals surface area contributed by atoms with Gasteiger partial charge in [-0.15, -0.1) is 0 Å². The number of carbonyl (C=O) groups is 1. The second-order valence-electron chi connectivity index (χ2n) is 7.00.